The van der Waals surface area contributed by atoms with E-state index < -0.39 is 36.2 Å². The van der Waals surface area contributed by atoms with Gasteiger partial charge in [-0.25, -0.2) is 4.79 Å². The number of halogens is 2. The average Bonchev–Trinajstić information content (AvgIpc) is 3.36. The zero-order valence-electron chi connectivity index (χ0n) is 16.4. The lowest BCUT2D eigenvalue weighted by molar-refractivity contribution is -0.157. The molecule has 0 aromatic heterocycles. The number of ketones is 1. The number of Topliss-reactive ketones (excluding diaryl/α,β-unsaturated/α-hetero) is 1. The molecule has 0 N–H and O–H groups in total. The highest BCUT2D eigenvalue weighted by Crippen LogP contribution is 2.60. The molecule has 1 saturated heterocycles. The summed E-state index contributed by atoms with van der Waals surface area (Å²) in [5.41, 5.74) is 0.348. The van der Waals surface area contributed by atoms with Crippen molar-refractivity contribution in [3.05, 3.63) is 29.8 Å². The fraction of sp³-hybridized carbons (Fsp3) is 0.524. The third-order valence-electron chi connectivity index (χ3n) is 6.49. The van der Waals surface area contributed by atoms with Gasteiger partial charge in [0.25, 0.3) is 0 Å². The van der Waals surface area contributed by atoms with Crippen molar-refractivity contribution in [2.24, 2.45) is 23.7 Å². The van der Waals surface area contributed by atoms with E-state index in [1.807, 2.05) is 0 Å². The third kappa shape index (κ3) is 3.30. The molecule has 3 fully saturated rings. The molecule has 2 saturated carbocycles. The van der Waals surface area contributed by atoms with Crippen LogP contribution in [-0.4, -0.2) is 57.9 Å². The first-order valence-electron chi connectivity index (χ1n) is 9.75. The van der Waals surface area contributed by atoms with Crippen LogP contribution in [0.1, 0.15) is 23.7 Å². The van der Waals surface area contributed by atoms with Gasteiger partial charge in [-0.1, -0.05) is 44.0 Å². The molecule has 160 valence electrons. The summed E-state index contributed by atoms with van der Waals surface area (Å²) in [5.74, 6) is -1.92. The molecule has 1 heterocycles. The van der Waals surface area contributed by atoms with E-state index in [1.165, 1.54) is 14.0 Å². The first-order valence-corrected chi connectivity index (χ1v) is 11.6. The molecule has 7 nitrogen and oxygen atoms in total. The Kier molecular flexibility index (Phi) is 5.78. The third-order valence-corrected chi connectivity index (χ3v) is 9.69. The Hall–Kier alpha value is -1.74. The maximum atomic E-state index is 13.0. The summed E-state index contributed by atoms with van der Waals surface area (Å²) in [6.45, 7) is 0.992. The summed E-state index contributed by atoms with van der Waals surface area (Å²) in [5, 5.41) is 0. The molecule has 1 aromatic carbocycles. The number of hydrogen-bond donors (Lipinski definition) is 0. The summed E-state index contributed by atoms with van der Waals surface area (Å²) in [6.07, 6.45) is 0.820. The van der Waals surface area contributed by atoms with Crippen LogP contribution >= 0.6 is 31.9 Å². The van der Waals surface area contributed by atoms with E-state index in [1.54, 1.807) is 24.3 Å². The van der Waals surface area contributed by atoms with Crippen LogP contribution in [0.15, 0.2) is 24.3 Å². The number of esters is 1. The lowest BCUT2D eigenvalue weighted by Gasteiger charge is -2.28. The number of amides is 2. The number of imide groups is 1. The normalized spacial score (nSPS) is 32.9. The fourth-order valence-electron chi connectivity index (χ4n) is 5.00. The van der Waals surface area contributed by atoms with Gasteiger partial charge in [0.15, 0.2) is 12.4 Å². The van der Waals surface area contributed by atoms with Crippen LogP contribution in [0.5, 0.6) is 5.75 Å². The summed E-state index contributed by atoms with van der Waals surface area (Å²) in [4.78, 5) is 52.2. The highest BCUT2D eigenvalue weighted by molar-refractivity contribution is 9.12. The molecule has 3 aliphatic rings. The van der Waals surface area contributed by atoms with Crippen molar-refractivity contribution in [1.82, 2.24) is 4.90 Å². The van der Waals surface area contributed by atoms with Crippen LogP contribution in [0.2, 0.25) is 0 Å². The van der Waals surface area contributed by atoms with E-state index in [2.05, 4.69) is 31.9 Å². The average molecular weight is 543 g/mol. The van der Waals surface area contributed by atoms with Crippen LogP contribution in [0.3, 0.4) is 0 Å². The molecule has 4 rings (SSSR count). The minimum Gasteiger partial charge on any atom is -0.497 e. The molecular weight excluding hydrogens is 522 g/mol. The summed E-state index contributed by atoms with van der Waals surface area (Å²) in [6, 6.07) is 5.45. The Morgan fingerprint density at radius 3 is 2.30 bits per heavy atom. The molecule has 1 aromatic rings. The largest absolute Gasteiger partial charge is 0.497 e. The Labute approximate surface area is 190 Å². The second-order valence-electron chi connectivity index (χ2n) is 7.99. The van der Waals surface area contributed by atoms with E-state index in [9.17, 15) is 19.2 Å². The van der Waals surface area contributed by atoms with Crippen molar-refractivity contribution in [1.29, 1.82) is 0 Å². The van der Waals surface area contributed by atoms with Gasteiger partial charge in [-0.15, -0.1) is 0 Å². The molecule has 0 spiro atoms. The Bertz CT molecular complexity index is 889. The maximum absolute atomic E-state index is 13.0. The molecular formula is C21H21Br2NO6. The zero-order chi connectivity index (χ0) is 21.7. The van der Waals surface area contributed by atoms with Crippen molar-refractivity contribution in [2.75, 3.05) is 13.7 Å². The van der Waals surface area contributed by atoms with Gasteiger partial charge < -0.3 is 9.47 Å². The summed E-state index contributed by atoms with van der Waals surface area (Å²) in [7, 11) is 1.49. The van der Waals surface area contributed by atoms with Gasteiger partial charge in [-0.05, 0) is 37.3 Å². The van der Waals surface area contributed by atoms with Crippen LogP contribution in [-0.2, 0) is 19.1 Å². The van der Waals surface area contributed by atoms with Crippen molar-refractivity contribution >= 4 is 55.4 Å². The van der Waals surface area contributed by atoms with Crippen LogP contribution < -0.4 is 4.74 Å². The monoisotopic (exact) mass is 541 g/mol. The Balaban J connectivity index is 1.41. The number of rotatable bonds is 6. The van der Waals surface area contributed by atoms with Gasteiger partial charge in [0.05, 0.1) is 18.9 Å². The molecule has 2 bridgehead atoms. The van der Waals surface area contributed by atoms with Crippen molar-refractivity contribution in [2.45, 2.75) is 29.0 Å². The predicted octanol–water partition coefficient (Wildman–Crippen LogP) is 2.59. The van der Waals surface area contributed by atoms with Crippen LogP contribution in [0, 0.1) is 23.7 Å². The van der Waals surface area contributed by atoms with Crippen molar-refractivity contribution in [3.8, 4) is 5.75 Å². The van der Waals surface area contributed by atoms with Gasteiger partial charge in [0.2, 0.25) is 11.8 Å². The zero-order valence-corrected chi connectivity index (χ0v) is 19.6. The molecule has 9 heteroatoms. The Morgan fingerprint density at radius 1 is 1.13 bits per heavy atom. The van der Waals surface area contributed by atoms with Crippen molar-refractivity contribution < 1.29 is 28.7 Å². The van der Waals surface area contributed by atoms with E-state index in [-0.39, 0.29) is 33.3 Å². The number of methoxy groups -OCH3 is 1. The molecule has 2 amide bonds. The standard InChI is InChI=1S/C21H21Br2NO6/c1-9(21(28)30-8-14(25)10-4-3-5-11(6-10)29-2)24-19(26)15-12-7-13(16(15)20(24)27)18(23)17(12)22/h3-6,9,12-13,15-18H,7-8H2,1-2H3/t9-,12-,13-,15-,16-,17-,18+/m0/s1. The maximum Gasteiger partial charge on any atom is 0.329 e. The Morgan fingerprint density at radius 2 is 1.73 bits per heavy atom. The quantitative estimate of drug-likeness (QED) is 0.237. The lowest BCUT2D eigenvalue weighted by Crippen LogP contribution is -2.45. The lowest BCUT2D eigenvalue weighted by atomic mass is 9.81. The number of carbonyl (C=O) groups excluding carboxylic acids is 4. The number of hydrogen-bond acceptors (Lipinski definition) is 6. The van der Waals surface area contributed by atoms with Gasteiger partial charge >= 0.3 is 5.97 Å². The highest BCUT2D eigenvalue weighted by Gasteiger charge is 2.67. The molecule has 2 aliphatic carbocycles. The molecule has 0 unspecified atom stereocenters. The number of likely N-dealkylation sites (tertiary alicyclic amines) is 1. The smallest absolute Gasteiger partial charge is 0.329 e. The van der Waals surface area contributed by atoms with Crippen LogP contribution in [0.4, 0.5) is 0 Å². The number of alkyl halides is 2. The van der Waals surface area contributed by atoms with Crippen molar-refractivity contribution in [3.63, 3.8) is 0 Å². The molecule has 7 atom stereocenters. The van der Waals surface area contributed by atoms with E-state index in [4.69, 9.17) is 9.47 Å². The predicted molar refractivity (Wildman–Crippen MR) is 114 cm³/mol. The van der Waals surface area contributed by atoms with E-state index >= 15 is 0 Å². The second-order valence-corrected chi connectivity index (χ2v) is 10.1. The van der Waals surface area contributed by atoms with Gasteiger partial charge in [-0.3, -0.25) is 19.3 Å². The first-order chi connectivity index (χ1) is 14.3. The molecule has 1 aliphatic heterocycles. The number of ether oxygens (including phenoxy) is 2. The van der Waals surface area contributed by atoms with Gasteiger partial charge in [-0.2, -0.15) is 0 Å². The topological polar surface area (TPSA) is 90.0 Å². The summed E-state index contributed by atoms with van der Waals surface area (Å²) >= 11 is 7.27. The number of fused-ring (bicyclic) bond motifs is 5. The number of nitrogens with zero attached hydrogens (tertiary/aromatic N) is 1. The van der Waals surface area contributed by atoms with Crippen LogP contribution in [0.25, 0.3) is 0 Å². The van der Waals surface area contributed by atoms with E-state index in [0.717, 1.165) is 11.3 Å². The van der Waals surface area contributed by atoms with Gasteiger partial charge in [0.1, 0.15) is 11.8 Å². The fourth-order valence-corrected chi connectivity index (χ4v) is 6.87. The minimum atomic E-state index is -1.07. The summed E-state index contributed by atoms with van der Waals surface area (Å²) < 4.78 is 10.2. The highest BCUT2D eigenvalue weighted by atomic mass is 79.9. The first kappa shape index (κ1) is 21.5. The minimum absolute atomic E-state index is 0.0729. The van der Waals surface area contributed by atoms with E-state index in [0.29, 0.717) is 11.3 Å². The SMILES string of the molecule is COc1cccc(C(=O)COC(=O)[C@H](C)N2C(=O)[C@H]3[C@@H]4C[C@H]([C@@H](Br)[C@H]4Br)[C@@H]3C2=O)c1. The number of carbonyl (C=O) groups is 4. The van der Waals surface area contributed by atoms with Gasteiger partial charge in [0, 0.05) is 15.2 Å². The molecule has 0 radical (unpaired) electrons. The molecule has 30 heavy (non-hydrogen) atoms. The number of benzene rings is 1. The second kappa shape index (κ2) is 8.07.